The second-order valence-electron chi connectivity index (χ2n) is 9.48. The van der Waals surface area contributed by atoms with Gasteiger partial charge in [0.25, 0.3) is 5.91 Å². The third-order valence-corrected chi connectivity index (χ3v) is 7.33. The van der Waals surface area contributed by atoms with Gasteiger partial charge in [-0.3, -0.25) is 9.79 Å². The van der Waals surface area contributed by atoms with Crippen LogP contribution < -0.4 is 0 Å². The number of halogens is 1. The van der Waals surface area contributed by atoms with Gasteiger partial charge in [-0.25, -0.2) is 9.38 Å². The predicted molar refractivity (Wildman–Crippen MR) is 133 cm³/mol. The van der Waals surface area contributed by atoms with E-state index in [0.717, 1.165) is 30.5 Å². The van der Waals surface area contributed by atoms with Crippen LogP contribution in [0.1, 0.15) is 48.1 Å². The van der Waals surface area contributed by atoms with Crippen LogP contribution in [-0.2, 0) is 11.2 Å². The average Bonchev–Trinajstić information content (AvgIpc) is 3.61. The van der Waals surface area contributed by atoms with E-state index in [1.165, 1.54) is 17.2 Å². The smallest absolute Gasteiger partial charge is 0.254 e. The Morgan fingerprint density at radius 3 is 2.76 bits per heavy atom. The van der Waals surface area contributed by atoms with Gasteiger partial charge in [-0.15, -0.1) is 0 Å². The molecule has 0 N–H and O–H groups in total. The molecule has 2 aromatic carbocycles. The van der Waals surface area contributed by atoms with Gasteiger partial charge in [0.05, 0.1) is 17.3 Å². The molecule has 4 aliphatic rings. The van der Waals surface area contributed by atoms with Gasteiger partial charge in [0, 0.05) is 12.1 Å². The lowest BCUT2D eigenvalue weighted by Crippen LogP contribution is -2.40. The van der Waals surface area contributed by atoms with Gasteiger partial charge in [-0.05, 0) is 78.7 Å². The van der Waals surface area contributed by atoms with Crippen molar-refractivity contribution in [2.45, 2.75) is 38.3 Å². The fourth-order valence-corrected chi connectivity index (χ4v) is 5.28. The third-order valence-electron chi connectivity index (χ3n) is 7.33. The zero-order valence-corrected chi connectivity index (χ0v) is 19.2. The Balaban J connectivity index is 1.34. The summed E-state index contributed by atoms with van der Waals surface area (Å²) in [5.41, 5.74) is 6.15. The van der Waals surface area contributed by atoms with Crippen LogP contribution in [0.5, 0.6) is 0 Å². The quantitative estimate of drug-likeness (QED) is 0.609. The lowest BCUT2D eigenvalue weighted by molar-refractivity contribution is -0.129. The summed E-state index contributed by atoms with van der Waals surface area (Å²) in [5.74, 6) is 0.473. The molecule has 2 aromatic rings. The zero-order valence-electron chi connectivity index (χ0n) is 19.2. The van der Waals surface area contributed by atoms with Crippen LogP contribution in [-0.4, -0.2) is 34.9 Å². The Hall–Kier alpha value is -3.60. The maximum absolute atomic E-state index is 14.8. The van der Waals surface area contributed by atoms with Crippen molar-refractivity contribution in [3.05, 3.63) is 100 Å². The van der Waals surface area contributed by atoms with E-state index < -0.39 is 0 Å². The van der Waals surface area contributed by atoms with Crippen molar-refractivity contribution >= 4 is 23.5 Å². The van der Waals surface area contributed by atoms with E-state index in [-0.39, 0.29) is 23.8 Å². The normalized spacial score (nSPS) is 23.3. The van der Waals surface area contributed by atoms with Gasteiger partial charge in [0.1, 0.15) is 11.9 Å². The molecule has 6 rings (SSSR count). The number of amides is 1. The standard InChI is InChI=1S/C29H26FN3O/c1-3-18-8-11-23(25(30)14-18)28-31-26-16-21(15-24(20-9-10-20)27(26)32-28)29(34)33-13-12-19-6-4-5-7-22(19)17(33)2/h3-8,11,14-17,20,27H,1,9-10,12-13H2,2H3/t17-,27?/m1/s1. The van der Waals surface area contributed by atoms with Crippen LogP contribution in [0.15, 0.2) is 82.3 Å². The number of fused-ring (bicyclic) bond motifs is 2. The van der Waals surface area contributed by atoms with Crippen molar-refractivity contribution in [2.75, 3.05) is 6.54 Å². The molecule has 2 aliphatic carbocycles. The molecular formula is C29H26FN3O. The Morgan fingerprint density at radius 1 is 1.18 bits per heavy atom. The van der Waals surface area contributed by atoms with Gasteiger partial charge >= 0.3 is 0 Å². The third kappa shape index (κ3) is 3.47. The summed E-state index contributed by atoms with van der Waals surface area (Å²) in [4.78, 5) is 25.1. The van der Waals surface area contributed by atoms with E-state index in [1.54, 1.807) is 12.1 Å². The lowest BCUT2D eigenvalue weighted by Gasteiger charge is -2.36. The summed E-state index contributed by atoms with van der Waals surface area (Å²) in [7, 11) is 0. The minimum atomic E-state index is -0.364. The SMILES string of the molecule is C=Cc1ccc(C2=NC3C(C4CC4)=CC(C(=O)N4CCc5ccccc5[C@H]4C)=CC3=N2)c(F)c1. The molecule has 4 nitrogen and oxygen atoms in total. The van der Waals surface area contributed by atoms with Crippen molar-refractivity contribution in [1.29, 1.82) is 0 Å². The molecule has 5 heteroatoms. The predicted octanol–water partition coefficient (Wildman–Crippen LogP) is 5.46. The Bertz CT molecular complexity index is 1340. The highest BCUT2D eigenvalue weighted by Crippen LogP contribution is 2.43. The summed E-state index contributed by atoms with van der Waals surface area (Å²) in [6.07, 6.45) is 8.55. The fourth-order valence-electron chi connectivity index (χ4n) is 5.28. The summed E-state index contributed by atoms with van der Waals surface area (Å²) in [6.45, 7) is 6.49. The fraction of sp³-hybridized carbons (Fsp3) is 0.276. The molecular weight excluding hydrogens is 425 g/mol. The van der Waals surface area contributed by atoms with Crippen molar-refractivity contribution in [3.8, 4) is 0 Å². The lowest BCUT2D eigenvalue weighted by atomic mass is 9.88. The monoisotopic (exact) mass is 451 g/mol. The number of hydrogen-bond acceptors (Lipinski definition) is 3. The number of benzene rings is 2. The van der Waals surface area contributed by atoms with Gasteiger partial charge < -0.3 is 4.90 Å². The minimum Gasteiger partial charge on any atom is -0.332 e. The topological polar surface area (TPSA) is 45.0 Å². The van der Waals surface area contributed by atoms with E-state index >= 15 is 0 Å². The molecule has 0 radical (unpaired) electrons. The first kappa shape index (κ1) is 21.0. The molecule has 34 heavy (non-hydrogen) atoms. The summed E-state index contributed by atoms with van der Waals surface area (Å²) >= 11 is 0. The maximum Gasteiger partial charge on any atom is 0.254 e. The number of hydrogen-bond donors (Lipinski definition) is 0. The Kier molecular flexibility index (Phi) is 4.94. The molecule has 1 unspecified atom stereocenters. The number of nitrogens with zero attached hydrogens (tertiary/aromatic N) is 3. The van der Waals surface area contributed by atoms with E-state index in [2.05, 4.69) is 31.7 Å². The van der Waals surface area contributed by atoms with Gasteiger partial charge in [0.15, 0.2) is 5.84 Å². The molecule has 0 aromatic heterocycles. The molecule has 0 saturated heterocycles. The molecule has 0 spiro atoms. The highest BCUT2D eigenvalue weighted by Gasteiger charge is 2.39. The molecule has 0 bridgehead atoms. The number of aliphatic imine (C=N–C) groups is 2. The van der Waals surface area contributed by atoms with Gasteiger partial charge in [-0.2, -0.15) is 0 Å². The van der Waals surface area contributed by atoms with Crippen LogP contribution in [0.3, 0.4) is 0 Å². The largest absolute Gasteiger partial charge is 0.332 e. The number of rotatable bonds is 4. The number of carbonyl (C=O) groups is 1. The highest BCUT2D eigenvalue weighted by atomic mass is 19.1. The number of amidine groups is 1. The number of carbonyl (C=O) groups excluding carboxylic acids is 1. The van der Waals surface area contributed by atoms with Crippen molar-refractivity contribution in [3.63, 3.8) is 0 Å². The van der Waals surface area contributed by atoms with Crippen molar-refractivity contribution in [1.82, 2.24) is 4.90 Å². The summed E-state index contributed by atoms with van der Waals surface area (Å²) < 4.78 is 14.8. The Morgan fingerprint density at radius 2 is 2.00 bits per heavy atom. The van der Waals surface area contributed by atoms with Crippen molar-refractivity contribution in [2.24, 2.45) is 15.9 Å². The van der Waals surface area contributed by atoms with Crippen LogP contribution in [0.2, 0.25) is 0 Å². The van der Waals surface area contributed by atoms with Gasteiger partial charge in [0.2, 0.25) is 0 Å². The van der Waals surface area contributed by atoms with Crippen LogP contribution in [0.25, 0.3) is 6.08 Å². The van der Waals surface area contributed by atoms with E-state index in [4.69, 9.17) is 9.98 Å². The van der Waals surface area contributed by atoms with E-state index in [0.29, 0.717) is 35.0 Å². The molecule has 2 aliphatic heterocycles. The Labute approximate surface area is 198 Å². The molecule has 1 fully saturated rings. The molecule has 1 amide bonds. The first-order valence-corrected chi connectivity index (χ1v) is 11.9. The van der Waals surface area contributed by atoms with E-state index in [1.807, 2.05) is 29.2 Å². The maximum atomic E-state index is 14.8. The van der Waals surface area contributed by atoms with Crippen LogP contribution >= 0.6 is 0 Å². The molecule has 170 valence electrons. The van der Waals surface area contributed by atoms with Crippen LogP contribution in [0, 0.1) is 11.7 Å². The molecule has 2 atom stereocenters. The molecule has 2 heterocycles. The second kappa shape index (κ2) is 8.01. The second-order valence-corrected chi connectivity index (χ2v) is 9.48. The first-order valence-electron chi connectivity index (χ1n) is 11.9. The first-order chi connectivity index (χ1) is 16.5. The minimum absolute atomic E-state index is 0.0173. The molecule has 1 saturated carbocycles. The van der Waals surface area contributed by atoms with Crippen molar-refractivity contribution < 1.29 is 9.18 Å². The highest BCUT2D eigenvalue weighted by molar-refractivity contribution is 6.21. The summed E-state index contributed by atoms with van der Waals surface area (Å²) in [5, 5.41) is 0. The average molecular weight is 452 g/mol. The van der Waals surface area contributed by atoms with Gasteiger partial charge in [-0.1, -0.05) is 43.0 Å². The van der Waals surface area contributed by atoms with E-state index in [9.17, 15) is 9.18 Å². The zero-order chi connectivity index (χ0) is 23.4. The van der Waals surface area contributed by atoms with Crippen LogP contribution in [0.4, 0.5) is 4.39 Å². The summed E-state index contributed by atoms with van der Waals surface area (Å²) in [6, 6.07) is 13.1.